The molecule has 0 N–H and O–H groups in total. The van der Waals surface area contributed by atoms with E-state index in [2.05, 4.69) is 13.2 Å². The molecular weight excluding hydrogens is 278 g/mol. The fraction of sp³-hybridized carbons (Fsp3) is 0.214. The average molecular weight is 297 g/mol. The molecule has 110 valence electrons. The smallest absolute Gasteiger partial charge is 0.306 e. The molecule has 0 atom stereocenters. The van der Waals surface area contributed by atoms with Crippen LogP contribution in [0.4, 0.5) is 0 Å². The van der Waals surface area contributed by atoms with Crippen LogP contribution in [0.3, 0.4) is 0 Å². The lowest BCUT2D eigenvalue weighted by Gasteiger charge is -2.08. The van der Waals surface area contributed by atoms with Crippen LogP contribution in [0, 0.1) is 0 Å². The van der Waals surface area contributed by atoms with Gasteiger partial charge in [-0.2, -0.15) is 0 Å². The number of nitrogens with zero attached hydrogens (tertiary/aromatic N) is 1. The number of rotatable bonds is 5. The first-order valence-corrected chi connectivity index (χ1v) is 7.39. The summed E-state index contributed by atoms with van der Waals surface area (Å²) >= 11 is 0. The summed E-state index contributed by atoms with van der Waals surface area (Å²) in [7, 11) is -2.69. The number of aromatic nitrogens is 1. The van der Waals surface area contributed by atoms with Crippen LogP contribution in [-0.2, 0) is 10.0 Å². The van der Waals surface area contributed by atoms with Crippen LogP contribution in [-0.4, -0.2) is 19.5 Å². The van der Waals surface area contributed by atoms with Crippen LogP contribution < -0.4 is 10.3 Å². The lowest BCUT2D eigenvalue weighted by atomic mass is 10.5. The second kappa shape index (κ2) is 8.16. The molecule has 1 rings (SSSR count). The molecule has 0 fully saturated rings. The van der Waals surface area contributed by atoms with Crippen molar-refractivity contribution < 1.29 is 13.2 Å². The van der Waals surface area contributed by atoms with Gasteiger partial charge in [-0.3, -0.25) is 4.79 Å². The highest BCUT2D eigenvalue weighted by Gasteiger charge is 2.19. The Morgan fingerprint density at radius 2 is 1.95 bits per heavy atom. The minimum absolute atomic E-state index is 0.0527. The number of allylic oxidation sites excluding steroid dienone is 3. The minimum Gasteiger partial charge on any atom is -0.491 e. The molecule has 0 aliphatic rings. The largest absolute Gasteiger partial charge is 0.491 e. The van der Waals surface area contributed by atoms with E-state index in [9.17, 15) is 13.2 Å². The molecule has 0 saturated heterocycles. The fourth-order valence-corrected chi connectivity index (χ4v) is 2.53. The van der Waals surface area contributed by atoms with E-state index in [1.807, 2.05) is 13.8 Å². The van der Waals surface area contributed by atoms with Crippen molar-refractivity contribution in [2.24, 2.45) is 0 Å². The van der Waals surface area contributed by atoms with Gasteiger partial charge in [-0.15, -0.1) is 0 Å². The van der Waals surface area contributed by atoms with Crippen molar-refractivity contribution in [2.75, 3.05) is 7.11 Å². The van der Waals surface area contributed by atoms with Crippen molar-refractivity contribution in [3.8, 4) is 5.75 Å². The van der Waals surface area contributed by atoms with Crippen LogP contribution in [0.15, 0.2) is 59.4 Å². The summed E-state index contributed by atoms with van der Waals surface area (Å²) in [5, 5.41) is 0. The molecule has 0 aliphatic heterocycles. The first kappa shape index (κ1) is 17.9. The van der Waals surface area contributed by atoms with E-state index in [4.69, 9.17) is 4.74 Å². The highest BCUT2D eigenvalue weighted by atomic mass is 32.2. The van der Waals surface area contributed by atoms with Crippen molar-refractivity contribution >= 4 is 10.0 Å². The van der Waals surface area contributed by atoms with Gasteiger partial charge >= 0.3 is 5.56 Å². The molecule has 0 bridgehead atoms. The summed E-state index contributed by atoms with van der Waals surface area (Å²) in [6.45, 7) is 10.8. The summed E-state index contributed by atoms with van der Waals surface area (Å²) in [5.74, 6) is -0.0527. The first-order valence-electron chi connectivity index (χ1n) is 5.95. The predicted molar refractivity (Wildman–Crippen MR) is 81.4 cm³/mol. The molecule has 5 nitrogen and oxygen atoms in total. The predicted octanol–water partition coefficient (Wildman–Crippen LogP) is 2.32. The van der Waals surface area contributed by atoms with E-state index in [1.165, 1.54) is 31.4 Å². The van der Waals surface area contributed by atoms with E-state index in [0.717, 1.165) is 12.3 Å². The molecule has 1 heterocycles. The number of methoxy groups -OCH3 is 1. The molecule has 0 spiro atoms. The molecule has 0 unspecified atom stereocenters. The van der Waals surface area contributed by atoms with Crippen LogP contribution in [0.2, 0.25) is 0 Å². The van der Waals surface area contributed by atoms with Crippen molar-refractivity contribution in [3.05, 3.63) is 65.0 Å². The van der Waals surface area contributed by atoms with Gasteiger partial charge < -0.3 is 4.74 Å². The Morgan fingerprint density at radius 3 is 2.40 bits per heavy atom. The Morgan fingerprint density at radius 1 is 1.35 bits per heavy atom. The van der Waals surface area contributed by atoms with Gasteiger partial charge in [-0.25, -0.2) is 12.4 Å². The lowest BCUT2D eigenvalue weighted by Crippen LogP contribution is -2.28. The molecule has 0 amide bonds. The Balaban J connectivity index is 0.00000172. The number of pyridine rings is 1. The van der Waals surface area contributed by atoms with Crippen molar-refractivity contribution in [2.45, 2.75) is 13.8 Å². The second-order valence-electron chi connectivity index (χ2n) is 3.19. The summed E-state index contributed by atoms with van der Waals surface area (Å²) < 4.78 is 29.7. The molecule has 1 aromatic heterocycles. The Labute approximate surface area is 119 Å². The SMILES string of the molecule is C=C/C=C(\C=C)S(=O)(=O)n1cccc(OC)c1=O.CC. The third-order valence-corrected chi connectivity index (χ3v) is 3.84. The maximum absolute atomic E-state index is 12.2. The Hall–Kier alpha value is -2.08. The van der Waals surface area contributed by atoms with E-state index in [-0.39, 0.29) is 10.7 Å². The topological polar surface area (TPSA) is 65.4 Å². The molecular formula is C14H19NO4S. The van der Waals surface area contributed by atoms with Gasteiger partial charge in [-0.05, 0) is 24.3 Å². The van der Waals surface area contributed by atoms with Crippen molar-refractivity contribution in [1.82, 2.24) is 3.97 Å². The maximum Gasteiger partial charge on any atom is 0.306 e. The normalized spacial score (nSPS) is 11.1. The van der Waals surface area contributed by atoms with Crippen LogP contribution in [0.5, 0.6) is 5.75 Å². The van der Waals surface area contributed by atoms with Gasteiger partial charge in [-0.1, -0.05) is 33.1 Å². The number of hydrogen-bond donors (Lipinski definition) is 0. The average Bonchev–Trinajstić information content (AvgIpc) is 2.46. The lowest BCUT2D eigenvalue weighted by molar-refractivity contribution is 0.407. The summed E-state index contributed by atoms with van der Waals surface area (Å²) in [6.07, 6.45) is 4.86. The highest BCUT2D eigenvalue weighted by molar-refractivity contribution is 7.94. The third kappa shape index (κ3) is 3.71. The minimum atomic E-state index is -3.98. The van der Waals surface area contributed by atoms with Gasteiger partial charge in [0, 0.05) is 6.20 Å². The Bertz CT molecular complexity index is 654. The van der Waals surface area contributed by atoms with Gasteiger partial charge in [0.15, 0.2) is 5.75 Å². The third-order valence-electron chi connectivity index (χ3n) is 2.14. The molecule has 0 radical (unpaired) electrons. The van der Waals surface area contributed by atoms with Crippen LogP contribution >= 0.6 is 0 Å². The summed E-state index contributed by atoms with van der Waals surface area (Å²) in [5.41, 5.74) is -0.753. The maximum atomic E-state index is 12.2. The van der Waals surface area contributed by atoms with Crippen molar-refractivity contribution in [3.63, 3.8) is 0 Å². The number of ether oxygens (including phenoxy) is 1. The molecule has 6 heteroatoms. The zero-order valence-corrected chi connectivity index (χ0v) is 12.7. The van der Waals surface area contributed by atoms with E-state index < -0.39 is 15.6 Å². The molecule has 1 aromatic rings. The molecule has 0 saturated carbocycles. The molecule has 0 aliphatic carbocycles. The van der Waals surface area contributed by atoms with Crippen LogP contribution in [0.25, 0.3) is 0 Å². The second-order valence-corrected chi connectivity index (χ2v) is 5.01. The van der Waals surface area contributed by atoms with E-state index >= 15 is 0 Å². The number of hydrogen-bond acceptors (Lipinski definition) is 4. The Kier molecular flexibility index (Phi) is 7.31. The van der Waals surface area contributed by atoms with Crippen LogP contribution in [0.1, 0.15) is 13.8 Å². The summed E-state index contributed by atoms with van der Waals surface area (Å²) in [6, 6.07) is 2.80. The van der Waals surface area contributed by atoms with Gasteiger partial charge in [0.1, 0.15) is 0 Å². The quantitative estimate of drug-likeness (QED) is 0.782. The zero-order valence-electron chi connectivity index (χ0n) is 11.9. The molecule has 0 aromatic carbocycles. The van der Waals surface area contributed by atoms with Crippen molar-refractivity contribution in [1.29, 1.82) is 0 Å². The monoisotopic (exact) mass is 297 g/mol. The zero-order chi connectivity index (χ0) is 15.8. The van der Waals surface area contributed by atoms with Gasteiger partial charge in [0.05, 0.1) is 12.0 Å². The van der Waals surface area contributed by atoms with E-state index in [0.29, 0.717) is 3.97 Å². The standard InChI is InChI=1S/C12H13NO4S.C2H6/c1-4-7-10(5-2)18(15,16)13-9-6-8-11(17-3)12(13)14;1-2/h4-9H,1-2H2,3H3;1-2H3/b10-7+;. The highest BCUT2D eigenvalue weighted by Crippen LogP contribution is 2.12. The first-order chi connectivity index (χ1) is 9.48. The fourth-order valence-electron chi connectivity index (χ4n) is 1.29. The van der Waals surface area contributed by atoms with Gasteiger partial charge in [0.25, 0.3) is 10.0 Å². The van der Waals surface area contributed by atoms with Gasteiger partial charge in [0.2, 0.25) is 0 Å². The summed E-state index contributed by atoms with van der Waals surface area (Å²) in [4.78, 5) is 11.7. The van der Waals surface area contributed by atoms with E-state index in [1.54, 1.807) is 0 Å². The molecule has 20 heavy (non-hydrogen) atoms.